The normalized spacial score (nSPS) is 31.3. The second-order valence-corrected chi connectivity index (χ2v) is 10.2. The number of rotatable bonds is 4. The van der Waals surface area contributed by atoms with Gasteiger partial charge in [-0.15, -0.1) is 0 Å². The Hall–Kier alpha value is -3.50. The van der Waals surface area contributed by atoms with Crippen molar-refractivity contribution in [3.63, 3.8) is 0 Å². The van der Waals surface area contributed by atoms with E-state index in [4.69, 9.17) is 29.4 Å². The average molecular weight is 545 g/mol. The Morgan fingerprint density at radius 2 is 1.90 bits per heavy atom. The van der Waals surface area contributed by atoms with Gasteiger partial charge in [-0.05, 0) is 38.2 Å². The Labute approximate surface area is 229 Å². The molecule has 0 spiro atoms. The van der Waals surface area contributed by atoms with E-state index in [1.54, 1.807) is 32.3 Å². The number of fused-ring (bicyclic) bond motifs is 1. The average Bonchev–Trinajstić information content (AvgIpc) is 2.87. The highest BCUT2D eigenvalue weighted by Gasteiger charge is 2.36. The Morgan fingerprint density at radius 1 is 1.18 bits per heavy atom. The fourth-order valence-electron chi connectivity index (χ4n) is 5.24. The molecule has 4 N–H and O–H groups in total. The van der Waals surface area contributed by atoms with Gasteiger partial charge in [-0.1, -0.05) is 38.2 Å². The second kappa shape index (κ2) is 13.0. The van der Waals surface area contributed by atoms with Crippen LogP contribution in [0.3, 0.4) is 0 Å². The van der Waals surface area contributed by atoms with Crippen molar-refractivity contribution >= 4 is 17.7 Å². The number of allylic oxidation sites excluding steroid dienone is 2. The van der Waals surface area contributed by atoms with Crippen LogP contribution in [-0.4, -0.2) is 62.9 Å². The van der Waals surface area contributed by atoms with E-state index in [9.17, 15) is 14.7 Å². The first-order chi connectivity index (χ1) is 18.5. The lowest BCUT2D eigenvalue weighted by Crippen LogP contribution is -2.41. The largest absolute Gasteiger partial charge is 0.504 e. The third-order valence-corrected chi connectivity index (χ3v) is 7.18. The van der Waals surface area contributed by atoms with Gasteiger partial charge in [0, 0.05) is 37.3 Å². The predicted octanol–water partition coefficient (Wildman–Crippen LogP) is 4.26. The molecular weight excluding hydrogens is 504 g/mol. The summed E-state index contributed by atoms with van der Waals surface area (Å²) in [5.74, 6) is 0.110. The van der Waals surface area contributed by atoms with Gasteiger partial charge in [-0.3, -0.25) is 4.79 Å². The number of amides is 2. The number of phenols is 1. The summed E-state index contributed by atoms with van der Waals surface area (Å²) in [7, 11) is 4.63. The van der Waals surface area contributed by atoms with Gasteiger partial charge in [0.05, 0.1) is 18.9 Å². The lowest BCUT2D eigenvalue weighted by atomic mass is 9.86. The van der Waals surface area contributed by atoms with Crippen LogP contribution in [0.1, 0.15) is 39.7 Å². The van der Waals surface area contributed by atoms with E-state index in [2.05, 4.69) is 12.2 Å². The first-order valence-electron chi connectivity index (χ1n) is 13.0. The summed E-state index contributed by atoms with van der Waals surface area (Å²) in [6.45, 7) is 7.56. The number of aromatic hydroxyl groups is 1. The number of phenolic OH excluding ortho intramolecular Hbond substituents is 1. The number of carbonyl (C=O) groups is 2. The number of carbonyl (C=O) groups excluding carboxylic acids is 2. The van der Waals surface area contributed by atoms with Crippen LogP contribution in [0.4, 0.5) is 10.5 Å². The molecule has 10 nitrogen and oxygen atoms in total. The molecule has 6 atom stereocenters. The van der Waals surface area contributed by atoms with Crippen LogP contribution in [0.25, 0.3) is 0 Å². The molecule has 10 heteroatoms. The van der Waals surface area contributed by atoms with Gasteiger partial charge in [-0.2, -0.15) is 0 Å². The molecule has 214 valence electrons. The summed E-state index contributed by atoms with van der Waals surface area (Å²) < 4.78 is 29.2. The predicted molar refractivity (Wildman–Crippen MR) is 147 cm³/mol. The van der Waals surface area contributed by atoms with Gasteiger partial charge in [0.25, 0.3) is 5.91 Å². The van der Waals surface area contributed by atoms with Gasteiger partial charge in [0.1, 0.15) is 12.2 Å². The van der Waals surface area contributed by atoms with E-state index < -0.39 is 24.4 Å². The van der Waals surface area contributed by atoms with E-state index in [1.165, 1.54) is 20.3 Å². The standard InChI is InChI=1S/C29H40N2O8/c1-15-11-19-26-20(14-21(32)27(19)37-7)31-28(33)16(2)9-8-10-22(35-5)24(39-29(30)34)17(3)13-18(4)25(38-26)23(12-15)36-6/h8-10,13-15,18,22-25,32H,11-12H2,1-7H3,(H2,30,34)(H,31,33)/b10-8-,16-9-,17-13+/t15-,18+,22+,23+,24+,25-/m1/s1. The zero-order valence-electron chi connectivity index (χ0n) is 23.6. The molecule has 1 aromatic rings. The quantitative estimate of drug-likeness (QED) is 0.478. The zero-order valence-corrected chi connectivity index (χ0v) is 23.6. The maximum atomic E-state index is 13.2. The molecule has 2 amide bonds. The number of nitrogens with one attached hydrogen (secondary N) is 1. The summed E-state index contributed by atoms with van der Waals surface area (Å²) in [6, 6.07) is 1.44. The molecule has 0 radical (unpaired) electrons. The van der Waals surface area contributed by atoms with Crippen molar-refractivity contribution < 1.29 is 38.4 Å². The number of benzene rings is 1. The third kappa shape index (κ3) is 6.93. The van der Waals surface area contributed by atoms with Gasteiger partial charge >= 0.3 is 6.09 Å². The molecule has 2 aliphatic heterocycles. The van der Waals surface area contributed by atoms with Crippen LogP contribution >= 0.6 is 0 Å². The monoisotopic (exact) mass is 544 g/mol. The molecule has 1 aromatic carbocycles. The molecule has 0 aliphatic carbocycles. The first kappa shape index (κ1) is 30.0. The van der Waals surface area contributed by atoms with Crippen LogP contribution in [-0.2, 0) is 25.4 Å². The Morgan fingerprint density at radius 3 is 2.51 bits per heavy atom. The van der Waals surface area contributed by atoms with Crippen molar-refractivity contribution in [1.29, 1.82) is 0 Å². The molecule has 0 unspecified atom stereocenters. The van der Waals surface area contributed by atoms with Crippen molar-refractivity contribution in [3.05, 3.63) is 47.1 Å². The summed E-state index contributed by atoms with van der Waals surface area (Å²) in [6.07, 6.45) is 4.89. The summed E-state index contributed by atoms with van der Waals surface area (Å²) in [4.78, 5) is 25.0. The first-order valence-corrected chi connectivity index (χ1v) is 13.0. The number of ether oxygens (including phenoxy) is 5. The second-order valence-electron chi connectivity index (χ2n) is 10.2. The van der Waals surface area contributed by atoms with Crippen LogP contribution in [0.2, 0.25) is 0 Å². The van der Waals surface area contributed by atoms with Crippen molar-refractivity contribution in [2.45, 2.75) is 65.0 Å². The van der Waals surface area contributed by atoms with Gasteiger partial charge in [0.15, 0.2) is 23.4 Å². The van der Waals surface area contributed by atoms with Crippen molar-refractivity contribution in [2.24, 2.45) is 17.6 Å². The highest BCUT2D eigenvalue weighted by atomic mass is 16.6. The van der Waals surface area contributed by atoms with Gasteiger partial charge in [0.2, 0.25) is 0 Å². The van der Waals surface area contributed by atoms with E-state index in [0.29, 0.717) is 46.7 Å². The summed E-state index contributed by atoms with van der Waals surface area (Å²) in [5.41, 5.74) is 7.48. The Kier molecular flexibility index (Phi) is 10.0. The fraction of sp³-hybridized carbons (Fsp3) is 0.517. The van der Waals surface area contributed by atoms with Crippen LogP contribution in [0.5, 0.6) is 17.2 Å². The minimum Gasteiger partial charge on any atom is -0.504 e. The zero-order chi connectivity index (χ0) is 28.9. The maximum absolute atomic E-state index is 13.2. The third-order valence-electron chi connectivity index (χ3n) is 7.18. The molecule has 0 saturated carbocycles. The molecular formula is C29H40N2O8. The molecule has 0 aromatic heterocycles. The maximum Gasteiger partial charge on any atom is 0.405 e. The number of anilines is 1. The molecule has 0 fully saturated rings. The number of methoxy groups -OCH3 is 3. The SMILES string of the molecule is COc1c(O)cc2c3c1C[C@@H](C)C[C@H](OC)[C@H](O3)[C@@H](C)/C=C(\C)[C@H](OC(N)=O)[C@@H](OC)/C=C\C=C(\C)C(=O)N2. The van der Waals surface area contributed by atoms with E-state index in [-0.39, 0.29) is 29.6 Å². The Bertz CT molecular complexity index is 1160. The van der Waals surface area contributed by atoms with E-state index in [1.807, 2.05) is 19.9 Å². The van der Waals surface area contributed by atoms with Gasteiger partial charge in [-0.25, -0.2) is 4.79 Å². The fourth-order valence-corrected chi connectivity index (χ4v) is 5.24. The highest BCUT2D eigenvalue weighted by molar-refractivity contribution is 6.04. The molecule has 3 rings (SSSR count). The van der Waals surface area contributed by atoms with E-state index in [0.717, 1.165) is 0 Å². The van der Waals surface area contributed by atoms with Crippen molar-refractivity contribution in [3.8, 4) is 17.2 Å². The van der Waals surface area contributed by atoms with Crippen LogP contribution in [0.15, 0.2) is 41.5 Å². The van der Waals surface area contributed by atoms with Gasteiger partial charge < -0.3 is 39.8 Å². The lowest BCUT2D eigenvalue weighted by Gasteiger charge is -2.36. The van der Waals surface area contributed by atoms with Crippen molar-refractivity contribution in [2.75, 3.05) is 26.6 Å². The minimum atomic E-state index is -0.934. The molecule has 2 heterocycles. The smallest absolute Gasteiger partial charge is 0.405 e. The molecule has 0 saturated heterocycles. The highest BCUT2D eigenvalue weighted by Crippen LogP contribution is 2.47. The summed E-state index contributed by atoms with van der Waals surface area (Å²) >= 11 is 0. The van der Waals surface area contributed by atoms with Crippen molar-refractivity contribution in [1.82, 2.24) is 0 Å². The van der Waals surface area contributed by atoms with Crippen LogP contribution in [0, 0.1) is 11.8 Å². The van der Waals surface area contributed by atoms with Crippen LogP contribution < -0.4 is 20.5 Å². The number of hydrogen-bond donors (Lipinski definition) is 3. The number of nitrogens with two attached hydrogens (primary N) is 1. The van der Waals surface area contributed by atoms with E-state index >= 15 is 0 Å². The lowest BCUT2D eigenvalue weighted by molar-refractivity contribution is -0.112. The molecule has 2 bridgehead atoms. The Balaban J connectivity index is 2.28. The summed E-state index contributed by atoms with van der Waals surface area (Å²) in [5, 5.41) is 13.7. The minimum absolute atomic E-state index is 0.0969. The topological polar surface area (TPSA) is 139 Å². The number of primary amides is 1. The number of hydrogen-bond acceptors (Lipinski definition) is 8. The molecule has 2 aliphatic rings. The molecule has 39 heavy (non-hydrogen) atoms.